The van der Waals surface area contributed by atoms with Crippen LogP contribution in [0.3, 0.4) is 0 Å². The highest BCUT2D eigenvalue weighted by Crippen LogP contribution is 2.31. The lowest BCUT2D eigenvalue weighted by atomic mass is 10.1. The maximum absolute atomic E-state index is 9.03. The van der Waals surface area contributed by atoms with Crippen molar-refractivity contribution >= 4 is 17.4 Å². The number of nitrogens with one attached hydrogen (secondary N) is 1. The van der Waals surface area contributed by atoms with Crippen LogP contribution in [0.2, 0.25) is 0 Å². The maximum Gasteiger partial charge on any atom is 0.101 e. The molecule has 1 fully saturated rings. The van der Waals surface area contributed by atoms with Crippen molar-refractivity contribution in [3.05, 3.63) is 29.8 Å². The minimum absolute atomic E-state index is 0.536. The molecule has 3 heteroatoms. The van der Waals surface area contributed by atoms with Gasteiger partial charge in [-0.25, -0.2) is 0 Å². The Bertz CT molecular complexity index is 411. The van der Waals surface area contributed by atoms with E-state index in [2.05, 4.69) is 30.1 Å². The fraction of sp³-hybridized carbons (Fsp3) is 0.500. The van der Waals surface area contributed by atoms with Crippen LogP contribution in [0.25, 0.3) is 0 Å². The minimum atomic E-state index is 0.536. The van der Waals surface area contributed by atoms with E-state index in [0.717, 1.165) is 16.5 Å². The predicted octanol–water partition coefficient (Wildman–Crippen LogP) is 3.64. The number of nitriles is 1. The number of anilines is 1. The first-order valence-corrected chi connectivity index (χ1v) is 7.25. The summed E-state index contributed by atoms with van der Waals surface area (Å²) in [6, 6.07) is 10.5. The van der Waals surface area contributed by atoms with E-state index in [1.165, 1.54) is 25.0 Å². The number of para-hydroxylation sites is 1. The molecule has 1 aromatic carbocycles. The van der Waals surface area contributed by atoms with Gasteiger partial charge in [-0.15, -0.1) is 0 Å². The molecule has 1 aliphatic carbocycles. The maximum atomic E-state index is 9.03. The van der Waals surface area contributed by atoms with Crippen LogP contribution in [0.1, 0.15) is 31.7 Å². The van der Waals surface area contributed by atoms with Gasteiger partial charge in [-0.05, 0) is 37.1 Å². The second-order valence-electron chi connectivity index (χ2n) is 4.39. The first-order valence-electron chi connectivity index (χ1n) is 6.20. The quantitative estimate of drug-likeness (QED) is 0.881. The summed E-state index contributed by atoms with van der Waals surface area (Å²) < 4.78 is 0. The first kappa shape index (κ1) is 12.3. The van der Waals surface area contributed by atoms with Crippen LogP contribution < -0.4 is 5.32 Å². The van der Waals surface area contributed by atoms with Gasteiger partial charge < -0.3 is 5.32 Å². The lowest BCUT2D eigenvalue weighted by molar-refractivity contribution is 0.756. The van der Waals surface area contributed by atoms with E-state index in [0.29, 0.717) is 6.04 Å². The molecule has 2 atom stereocenters. The molecule has 0 heterocycles. The topological polar surface area (TPSA) is 35.8 Å². The van der Waals surface area contributed by atoms with Gasteiger partial charge in [-0.2, -0.15) is 17.0 Å². The van der Waals surface area contributed by atoms with Crippen molar-refractivity contribution in [3.8, 4) is 6.07 Å². The van der Waals surface area contributed by atoms with E-state index in [9.17, 15) is 0 Å². The van der Waals surface area contributed by atoms with Crippen molar-refractivity contribution < 1.29 is 0 Å². The molecule has 0 aliphatic heterocycles. The average Bonchev–Trinajstić information content (AvgIpc) is 2.78. The van der Waals surface area contributed by atoms with Crippen LogP contribution >= 0.6 is 11.8 Å². The fourth-order valence-corrected chi connectivity index (χ4v) is 3.53. The van der Waals surface area contributed by atoms with Gasteiger partial charge in [0, 0.05) is 11.3 Å². The summed E-state index contributed by atoms with van der Waals surface area (Å²) in [5.41, 5.74) is 1.74. The van der Waals surface area contributed by atoms with Crippen LogP contribution in [0, 0.1) is 11.3 Å². The number of rotatable bonds is 4. The second-order valence-corrected chi connectivity index (χ2v) is 5.97. The molecule has 90 valence electrons. The molecule has 1 aromatic rings. The Kier molecular flexibility index (Phi) is 4.33. The molecule has 1 saturated carbocycles. The molecule has 17 heavy (non-hydrogen) atoms. The van der Waals surface area contributed by atoms with Crippen LogP contribution in [-0.2, 0) is 0 Å². The Balaban J connectivity index is 1.96. The molecular formula is C14H18N2S. The molecule has 2 nitrogen and oxygen atoms in total. The van der Waals surface area contributed by atoms with Crippen molar-refractivity contribution in [2.75, 3.05) is 11.1 Å². The summed E-state index contributed by atoms with van der Waals surface area (Å²) in [4.78, 5) is 0. The Labute approximate surface area is 107 Å². The van der Waals surface area contributed by atoms with Gasteiger partial charge in [0.25, 0.3) is 0 Å². The Hall–Kier alpha value is -1.14. The van der Waals surface area contributed by atoms with Crippen LogP contribution in [0.4, 0.5) is 5.69 Å². The van der Waals surface area contributed by atoms with Crippen LogP contribution in [0.15, 0.2) is 24.3 Å². The summed E-state index contributed by atoms with van der Waals surface area (Å²) in [7, 11) is 0. The van der Waals surface area contributed by atoms with E-state index >= 15 is 0 Å². The average molecular weight is 246 g/mol. The van der Waals surface area contributed by atoms with Crippen LogP contribution in [0.5, 0.6) is 0 Å². The number of hydrogen-bond donors (Lipinski definition) is 1. The van der Waals surface area contributed by atoms with Gasteiger partial charge in [-0.3, -0.25) is 0 Å². The number of hydrogen-bond acceptors (Lipinski definition) is 3. The van der Waals surface area contributed by atoms with Crippen molar-refractivity contribution in [1.29, 1.82) is 5.26 Å². The lowest BCUT2D eigenvalue weighted by Crippen LogP contribution is -2.16. The summed E-state index contributed by atoms with van der Waals surface area (Å²) >= 11 is 2.06. The summed E-state index contributed by atoms with van der Waals surface area (Å²) in [5, 5.41) is 13.3. The summed E-state index contributed by atoms with van der Waals surface area (Å²) in [6.45, 7) is 2.22. The third kappa shape index (κ3) is 3.17. The van der Waals surface area contributed by atoms with Gasteiger partial charge in [0.1, 0.15) is 6.07 Å². The third-order valence-electron chi connectivity index (χ3n) is 3.19. The summed E-state index contributed by atoms with van der Waals surface area (Å²) in [6.07, 6.45) is 3.74. The van der Waals surface area contributed by atoms with Gasteiger partial charge in [0.05, 0.1) is 11.3 Å². The van der Waals surface area contributed by atoms with Crippen molar-refractivity contribution in [2.24, 2.45) is 0 Å². The highest BCUT2D eigenvalue weighted by atomic mass is 32.2. The van der Waals surface area contributed by atoms with E-state index in [1.807, 2.05) is 24.3 Å². The van der Waals surface area contributed by atoms with Crippen molar-refractivity contribution in [2.45, 2.75) is 37.5 Å². The lowest BCUT2D eigenvalue weighted by Gasteiger charge is -2.15. The first-order chi connectivity index (χ1) is 8.33. The SMILES string of the molecule is CCSC1CCC(Nc2ccccc2C#N)C1. The second kappa shape index (κ2) is 5.97. The number of benzene rings is 1. The summed E-state index contributed by atoms with van der Waals surface area (Å²) in [5.74, 6) is 1.20. The normalized spacial score (nSPS) is 23.3. The van der Waals surface area contributed by atoms with Gasteiger partial charge in [0.2, 0.25) is 0 Å². The molecular weight excluding hydrogens is 228 g/mol. The van der Waals surface area contributed by atoms with Crippen LogP contribution in [-0.4, -0.2) is 17.0 Å². The van der Waals surface area contributed by atoms with Crippen molar-refractivity contribution in [3.63, 3.8) is 0 Å². The van der Waals surface area contributed by atoms with Gasteiger partial charge in [-0.1, -0.05) is 19.1 Å². The monoisotopic (exact) mass is 246 g/mol. The molecule has 0 aromatic heterocycles. The highest BCUT2D eigenvalue weighted by molar-refractivity contribution is 7.99. The van der Waals surface area contributed by atoms with Gasteiger partial charge in [0.15, 0.2) is 0 Å². The van der Waals surface area contributed by atoms with E-state index in [4.69, 9.17) is 5.26 Å². The molecule has 1 aliphatic rings. The highest BCUT2D eigenvalue weighted by Gasteiger charge is 2.24. The fourth-order valence-electron chi connectivity index (χ4n) is 2.38. The van der Waals surface area contributed by atoms with E-state index < -0.39 is 0 Å². The minimum Gasteiger partial charge on any atom is -0.381 e. The zero-order valence-electron chi connectivity index (χ0n) is 10.1. The Morgan fingerprint density at radius 1 is 1.41 bits per heavy atom. The van der Waals surface area contributed by atoms with Crippen molar-refractivity contribution in [1.82, 2.24) is 0 Å². The molecule has 2 unspecified atom stereocenters. The molecule has 0 amide bonds. The Morgan fingerprint density at radius 2 is 2.24 bits per heavy atom. The predicted molar refractivity (Wildman–Crippen MR) is 74.3 cm³/mol. The smallest absolute Gasteiger partial charge is 0.101 e. The zero-order valence-corrected chi connectivity index (χ0v) is 11.0. The zero-order chi connectivity index (χ0) is 12.1. The largest absolute Gasteiger partial charge is 0.381 e. The molecule has 2 rings (SSSR count). The van der Waals surface area contributed by atoms with Gasteiger partial charge >= 0.3 is 0 Å². The molecule has 0 spiro atoms. The van der Waals surface area contributed by atoms with E-state index in [1.54, 1.807) is 0 Å². The Morgan fingerprint density at radius 3 is 3.00 bits per heavy atom. The molecule has 0 radical (unpaired) electrons. The third-order valence-corrected chi connectivity index (χ3v) is 4.43. The molecule has 1 N–H and O–H groups in total. The molecule has 0 saturated heterocycles. The molecule has 0 bridgehead atoms. The van der Waals surface area contributed by atoms with E-state index in [-0.39, 0.29) is 0 Å². The number of nitrogens with zero attached hydrogens (tertiary/aromatic N) is 1. The standard InChI is InChI=1S/C14H18N2S/c1-2-17-13-8-7-12(9-13)16-14-6-4-3-5-11(14)10-15/h3-6,12-13,16H,2,7-9H2,1H3. The number of thioether (sulfide) groups is 1.